The summed E-state index contributed by atoms with van der Waals surface area (Å²) in [6.07, 6.45) is 1.65. The average molecular weight is 310 g/mol. The van der Waals surface area contributed by atoms with Crippen LogP contribution in [0.5, 0.6) is 11.5 Å². The summed E-state index contributed by atoms with van der Waals surface area (Å²) in [4.78, 5) is 10.2. The molecule has 0 heterocycles. The van der Waals surface area contributed by atoms with Gasteiger partial charge in [-0.15, -0.1) is 0 Å². The van der Waals surface area contributed by atoms with Gasteiger partial charge in [-0.3, -0.25) is 10.1 Å². The first-order valence-electron chi connectivity index (χ1n) is 6.67. The van der Waals surface area contributed by atoms with Crippen LogP contribution in [0.4, 0.5) is 5.69 Å². The number of methoxy groups -OCH3 is 2. The predicted molar refractivity (Wildman–Crippen MR) is 86.1 cm³/mol. The van der Waals surface area contributed by atoms with Gasteiger partial charge < -0.3 is 9.47 Å². The lowest BCUT2D eigenvalue weighted by atomic mass is 10.0. The molecule has 6 nitrogen and oxygen atoms in total. The van der Waals surface area contributed by atoms with Gasteiger partial charge in [-0.05, 0) is 41.5 Å². The Morgan fingerprint density at radius 2 is 1.70 bits per heavy atom. The number of hydrogen-bond acceptors (Lipinski definition) is 5. The zero-order valence-corrected chi connectivity index (χ0v) is 12.6. The Morgan fingerprint density at radius 1 is 1.13 bits per heavy atom. The Hall–Kier alpha value is -3.33. The van der Waals surface area contributed by atoms with Crippen LogP contribution in [0.25, 0.3) is 11.6 Å². The lowest BCUT2D eigenvalue weighted by Gasteiger charge is -2.08. The van der Waals surface area contributed by atoms with Gasteiger partial charge in [0.1, 0.15) is 11.5 Å². The molecule has 0 spiro atoms. The van der Waals surface area contributed by atoms with Crippen molar-refractivity contribution in [2.45, 2.75) is 0 Å². The van der Waals surface area contributed by atoms with Crippen molar-refractivity contribution in [2.24, 2.45) is 0 Å². The molecule has 0 aliphatic carbocycles. The zero-order chi connectivity index (χ0) is 16.8. The molecule has 0 atom stereocenters. The summed E-state index contributed by atoms with van der Waals surface area (Å²) in [7, 11) is 3.06. The second-order valence-electron chi connectivity index (χ2n) is 4.62. The van der Waals surface area contributed by atoms with Gasteiger partial charge in [0, 0.05) is 18.2 Å². The van der Waals surface area contributed by atoms with E-state index in [0.717, 1.165) is 0 Å². The van der Waals surface area contributed by atoms with Crippen LogP contribution in [0.1, 0.15) is 11.1 Å². The Bertz CT molecular complexity index is 767. The van der Waals surface area contributed by atoms with Crippen molar-refractivity contribution >= 4 is 17.3 Å². The molecule has 0 bridgehead atoms. The van der Waals surface area contributed by atoms with E-state index in [2.05, 4.69) is 6.07 Å². The summed E-state index contributed by atoms with van der Waals surface area (Å²) in [5.41, 5.74) is 1.73. The van der Waals surface area contributed by atoms with Gasteiger partial charge >= 0.3 is 0 Å². The van der Waals surface area contributed by atoms with E-state index in [4.69, 9.17) is 9.47 Å². The van der Waals surface area contributed by atoms with Crippen LogP contribution >= 0.6 is 0 Å². The highest BCUT2D eigenvalue weighted by Gasteiger charge is 2.08. The zero-order valence-electron chi connectivity index (χ0n) is 12.6. The summed E-state index contributed by atoms with van der Waals surface area (Å²) in [5, 5.41) is 20.1. The molecule has 23 heavy (non-hydrogen) atoms. The fraction of sp³-hybridized carbons (Fsp3) is 0.118. The minimum absolute atomic E-state index is 0.00343. The highest BCUT2D eigenvalue weighted by Crippen LogP contribution is 2.28. The number of nitro groups is 1. The highest BCUT2D eigenvalue weighted by atomic mass is 16.6. The van der Waals surface area contributed by atoms with E-state index in [1.807, 2.05) is 0 Å². The standard InChI is InChI=1S/C17H14N2O4/c1-22-16-8-13(9-17(10-16)23-2)14(11-18)7-12-3-5-15(6-4-12)19(20)21/h3-10H,1-2H3. The van der Waals surface area contributed by atoms with Crippen molar-refractivity contribution in [3.8, 4) is 17.6 Å². The Labute approximate surface area is 133 Å². The van der Waals surface area contributed by atoms with Crippen LogP contribution in [0.15, 0.2) is 42.5 Å². The summed E-state index contributed by atoms with van der Waals surface area (Å²) < 4.78 is 10.4. The molecular weight excluding hydrogens is 296 g/mol. The maximum Gasteiger partial charge on any atom is 0.269 e. The quantitative estimate of drug-likeness (QED) is 0.364. The van der Waals surface area contributed by atoms with Crippen LogP contribution in [-0.4, -0.2) is 19.1 Å². The summed E-state index contributed by atoms with van der Waals surface area (Å²) in [6, 6.07) is 13.3. The molecule has 0 aliphatic rings. The first-order valence-corrected chi connectivity index (χ1v) is 6.67. The number of nitrogens with zero attached hydrogens (tertiary/aromatic N) is 2. The average Bonchev–Trinajstić information content (AvgIpc) is 2.59. The van der Waals surface area contributed by atoms with Gasteiger partial charge in [0.2, 0.25) is 0 Å². The molecule has 0 amide bonds. The molecule has 0 aliphatic heterocycles. The number of hydrogen-bond donors (Lipinski definition) is 0. The Balaban J connectivity index is 2.43. The molecule has 0 saturated heterocycles. The van der Waals surface area contributed by atoms with Crippen LogP contribution in [0, 0.1) is 21.4 Å². The van der Waals surface area contributed by atoms with E-state index in [0.29, 0.717) is 28.2 Å². The molecule has 0 radical (unpaired) electrons. The molecular formula is C17H14N2O4. The van der Waals surface area contributed by atoms with Gasteiger partial charge in [0.05, 0.1) is 30.8 Å². The molecule has 6 heteroatoms. The van der Waals surface area contributed by atoms with E-state index in [1.54, 1.807) is 36.4 Å². The number of nitro benzene ring substituents is 1. The maximum atomic E-state index is 10.7. The monoisotopic (exact) mass is 310 g/mol. The third-order valence-corrected chi connectivity index (χ3v) is 3.20. The number of non-ortho nitro benzene ring substituents is 1. The smallest absolute Gasteiger partial charge is 0.269 e. The normalized spacial score (nSPS) is 10.7. The number of ether oxygens (including phenoxy) is 2. The summed E-state index contributed by atoms with van der Waals surface area (Å²) >= 11 is 0. The lowest BCUT2D eigenvalue weighted by Crippen LogP contribution is -1.91. The lowest BCUT2D eigenvalue weighted by molar-refractivity contribution is -0.384. The molecule has 0 fully saturated rings. The molecule has 116 valence electrons. The van der Waals surface area contributed by atoms with Gasteiger partial charge in [-0.2, -0.15) is 5.26 Å². The van der Waals surface area contributed by atoms with Gasteiger partial charge in [-0.1, -0.05) is 0 Å². The fourth-order valence-electron chi connectivity index (χ4n) is 2.00. The largest absolute Gasteiger partial charge is 0.497 e. The Morgan fingerprint density at radius 3 is 2.13 bits per heavy atom. The number of nitriles is 1. The van der Waals surface area contributed by atoms with Crippen LogP contribution in [0.3, 0.4) is 0 Å². The third kappa shape index (κ3) is 3.86. The van der Waals surface area contributed by atoms with E-state index in [-0.39, 0.29) is 5.69 Å². The van der Waals surface area contributed by atoms with E-state index in [9.17, 15) is 15.4 Å². The SMILES string of the molecule is COc1cc(OC)cc(C(C#N)=Cc2ccc([N+](=O)[O-])cc2)c1. The highest BCUT2D eigenvalue weighted by molar-refractivity contribution is 5.90. The first kappa shape index (κ1) is 16.0. The fourth-order valence-corrected chi connectivity index (χ4v) is 2.00. The molecule has 2 aromatic carbocycles. The van der Waals surface area contributed by atoms with Crippen molar-refractivity contribution in [3.05, 3.63) is 63.7 Å². The predicted octanol–water partition coefficient (Wildman–Crippen LogP) is 3.68. The van der Waals surface area contributed by atoms with Crippen molar-refractivity contribution < 1.29 is 14.4 Å². The Kier molecular flexibility index (Phi) is 4.95. The van der Waals surface area contributed by atoms with Crippen molar-refractivity contribution in [1.29, 1.82) is 5.26 Å². The summed E-state index contributed by atoms with van der Waals surface area (Å²) in [6.45, 7) is 0. The number of benzene rings is 2. The first-order chi connectivity index (χ1) is 11.1. The van der Waals surface area contributed by atoms with E-state index < -0.39 is 4.92 Å². The van der Waals surface area contributed by atoms with Gasteiger partial charge in [0.15, 0.2) is 0 Å². The maximum absolute atomic E-state index is 10.7. The van der Waals surface area contributed by atoms with Crippen molar-refractivity contribution in [2.75, 3.05) is 14.2 Å². The molecule has 2 aromatic rings. The van der Waals surface area contributed by atoms with E-state index >= 15 is 0 Å². The summed E-state index contributed by atoms with van der Waals surface area (Å²) in [5.74, 6) is 1.15. The molecule has 0 saturated carbocycles. The molecule has 0 aromatic heterocycles. The van der Waals surface area contributed by atoms with Crippen molar-refractivity contribution in [1.82, 2.24) is 0 Å². The second kappa shape index (κ2) is 7.09. The topological polar surface area (TPSA) is 85.4 Å². The van der Waals surface area contributed by atoms with Crippen LogP contribution in [0.2, 0.25) is 0 Å². The number of rotatable bonds is 5. The van der Waals surface area contributed by atoms with Crippen LogP contribution < -0.4 is 9.47 Å². The van der Waals surface area contributed by atoms with E-state index in [1.165, 1.54) is 26.4 Å². The molecule has 2 rings (SSSR count). The van der Waals surface area contributed by atoms with Gasteiger partial charge in [0.25, 0.3) is 5.69 Å². The number of allylic oxidation sites excluding steroid dienone is 1. The second-order valence-corrected chi connectivity index (χ2v) is 4.62. The minimum atomic E-state index is -0.467. The van der Waals surface area contributed by atoms with Crippen LogP contribution in [-0.2, 0) is 0 Å². The minimum Gasteiger partial charge on any atom is -0.497 e. The third-order valence-electron chi connectivity index (χ3n) is 3.20. The molecule has 0 unspecified atom stereocenters. The molecule has 0 N–H and O–H groups in total. The van der Waals surface area contributed by atoms with Crippen molar-refractivity contribution in [3.63, 3.8) is 0 Å². The van der Waals surface area contributed by atoms with Gasteiger partial charge in [-0.25, -0.2) is 0 Å².